The summed E-state index contributed by atoms with van der Waals surface area (Å²) in [6.07, 6.45) is 5.60. The van der Waals surface area contributed by atoms with Crippen LogP contribution in [0.3, 0.4) is 0 Å². The van der Waals surface area contributed by atoms with Crippen LogP contribution in [0.1, 0.15) is 43.0 Å². The molecule has 32 heavy (non-hydrogen) atoms. The van der Waals surface area contributed by atoms with Gasteiger partial charge in [-0.15, -0.1) is 0 Å². The molecule has 2 aliphatic rings. The highest BCUT2D eigenvalue weighted by atomic mass is 127. The molecule has 2 saturated carbocycles. The summed E-state index contributed by atoms with van der Waals surface area (Å²) in [5.74, 6) is 1.70. The second-order valence-corrected chi connectivity index (χ2v) is 12.5. The molecule has 5 rings (SSSR count). The lowest BCUT2D eigenvalue weighted by Gasteiger charge is -2.14. The fraction of sp³-hybridized carbons (Fsp3) is 0.381. The number of aryl methyl sites for hydroxylation is 1. The molecule has 2 aliphatic carbocycles. The van der Waals surface area contributed by atoms with Crippen molar-refractivity contribution in [2.24, 2.45) is 5.92 Å². The molecule has 1 amide bonds. The van der Waals surface area contributed by atoms with Crippen molar-refractivity contribution in [3.05, 3.63) is 35.7 Å². The zero-order valence-corrected chi connectivity index (χ0v) is 21.6. The third-order valence-corrected chi connectivity index (χ3v) is 9.08. The van der Waals surface area contributed by atoms with E-state index in [9.17, 15) is 13.2 Å². The van der Waals surface area contributed by atoms with Gasteiger partial charge in [0.25, 0.3) is 0 Å². The number of carbonyl (C=O) groups excluding carboxylic acids is 1. The number of rotatable bonds is 7. The van der Waals surface area contributed by atoms with Gasteiger partial charge in [0.2, 0.25) is 5.91 Å². The van der Waals surface area contributed by atoms with Crippen LogP contribution in [0.2, 0.25) is 0 Å². The van der Waals surface area contributed by atoms with Gasteiger partial charge in [-0.05, 0) is 78.3 Å². The Morgan fingerprint density at radius 1 is 1.16 bits per heavy atom. The van der Waals surface area contributed by atoms with Crippen molar-refractivity contribution in [2.75, 3.05) is 16.9 Å². The molecule has 168 valence electrons. The first-order chi connectivity index (χ1) is 15.2. The molecule has 0 bridgehead atoms. The number of benzene rings is 1. The average Bonchev–Trinajstić information content (AvgIpc) is 3.63. The molecule has 2 aromatic heterocycles. The number of aromatic nitrogens is 3. The molecule has 0 spiro atoms. The van der Waals surface area contributed by atoms with Crippen LogP contribution in [0.15, 0.2) is 29.2 Å². The van der Waals surface area contributed by atoms with E-state index in [1.807, 2.05) is 23.4 Å². The summed E-state index contributed by atoms with van der Waals surface area (Å²) < 4.78 is 27.1. The number of anilines is 3. The highest BCUT2D eigenvalue weighted by Crippen LogP contribution is 2.42. The Morgan fingerprint density at radius 3 is 2.53 bits per heavy atom. The Bertz CT molecular complexity index is 1350. The van der Waals surface area contributed by atoms with Gasteiger partial charge >= 0.3 is 0 Å². The number of nitrogens with zero attached hydrogens (tertiary/aromatic N) is 3. The van der Waals surface area contributed by atoms with Crippen LogP contribution in [0.25, 0.3) is 11.2 Å². The first kappa shape index (κ1) is 22.0. The van der Waals surface area contributed by atoms with Crippen LogP contribution in [0.4, 0.5) is 17.2 Å². The molecular formula is C21H23IN5O3PS. The van der Waals surface area contributed by atoms with Crippen molar-refractivity contribution in [2.45, 2.75) is 43.4 Å². The molecule has 2 fully saturated rings. The van der Waals surface area contributed by atoms with Crippen LogP contribution >= 0.6 is 28.4 Å². The third-order valence-electron chi connectivity index (χ3n) is 5.79. The fourth-order valence-corrected chi connectivity index (χ4v) is 6.76. The van der Waals surface area contributed by atoms with Gasteiger partial charge < -0.3 is 10.6 Å². The maximum absolute atomic E-state index is 12.6. The highest BCUT2D eigenvalue weighted by molar-refractivity contribution is 14.2. The summed E-state index contributed by atoms with van der Waals surface area (Å²) in [5.41, 5.74) is 3.46. The first-order valence-electron chi connectivity index (χ1n) is 10.4. The Hall–Kier alpha value is -1.78. The molecular weight excluding hydrogens is 560 g/mol. The molecule has 1 aromatic carbocycles. The smallest absolute Gasteiger partial charge is 0.228 e. The van der Waals surface area contributed by atoms with Crippen molar-refractivity contribution >= 4 is 72.5 Å². The number of carbonyl (C=O) groups is 1. The fourth-order valence-electron chi connectivity index (χ4n) is 3.76. The van der Waals surface area contributed by atoms with E-state index in [0.29, 0.717) is 40.6 Å². The normalized spacial score (nSPS) is 16.7. The predicted molar refractivity (Wildman–Crippen MR) is 136 cm³/mol. The molecule has 1 unspecified atom stereocenters. The number of hydrogen-bond acceptors (Lipinski definition) is 6. The third kappa shape index (κ3) is 4.36. The van der Waals surface area contributed by atoms with Gasteiger partial charge in [-0.2, -0.15) is 0 Å². The highest BCUT2D eigenvalue weighted by Gasteiger charge is 2.30. The second kappa shape index (κ2) is 8.22. The predicted octanol–water partition coefficient (Wildman–Crippen LogP) is 4.90. The van der Waals surface area contributed by atoms with E-state index < -0.39 is 9.84 Å². The summed E-state index contributed by atoms with van der Waals surface area (Å²) in [4.78, 5) is 21.9. The number of pyridine rings is 1. The van der Waals surface area contributed by atoms with Crippen LogP contribution in [-0.4, -0.2) is 34.9 Å². The van der Waals surface area contributed by atoms with Crippen molar-refractivity contribution in [3.63, 3.8) is 0 Å². The van der Waals surface area contributed by atoms with Gasteiger partial charge in [0.05, 0.1) is 22.6 Å². The number of hydrogen-bond donors (Lipinski definition) is 2. The molecule has 0 radical (unpaired) electrons. The van der Waals surface area contributed by atoms with Gasteiger partial charge in [0, 0.05) is 18.2 Å². The van der Waals surface area contributed by atoms with E-state index in [4.69, 9.17) is 0 Å². The van der Waals surface area contributed by atoms with Crippen molar-refractivity contribution in [1.29, 1.82) is 0 Å². The number of nitrogens with one attached hydrogen (secondary N) is 2. The lowest BCUT2D eigenvalue weighted by Crippen LogP contribution is -2.14. The summed E-state index contributed by atoms with van der Waals surface area (Å²) >= 11 is 2.27. The topological polar surface area (TPSA) is 106 Å². The van der Waals surface area contributed by atoms with E-state index in [1.54, 1.807) is 12.1 Å². The van der Waals surface area contributed by atoms with Crippen molar-refractivity contribution < 1.29 is 13.2 Å². The Labute approximate surface area is 201 Å². The minimum atomic E-state index is -3.45. The molecule has 2 heterocycles. The van der Waals surface area contributed by atoms with Crippen LogP contribution in [0.5, 0.6) is 0 Å². The van der Waals surface area contributed by atoms with E-state index in [1.165, 1.54) is 6.26 Å². The van der Waals surface area contributed by atoms with E-state index in [2.05, 4.69) is 42.6 Å². The van der Waals surface area contributed by atoms with E-state index >= 15 is 0 Å². The molecule has 0 aliphatic heterocycles. The molecule has 8 nitrogen and oxygen atoms in total. The van der Waals surface area contributed by atoms with Gasteiger partial charge in [0.1, 0.15) is 17.2 Å². The molecule has 11 heteroatoms. The molecule has 0 saturated heterocycles. The Morgan fingerprint density at radius 2 is 1.91 bits per heavy atom. The van der Waals surface area contributed by atoms with Gasteiger partial charge in [0.15, 0.2) is 15.5 Å². The second-order valence-electron chi connectivity index (χ2n) is 8.50. The number of fused-ring (bicyclic) bond motifs is 1. The van der Waals surface area contributed by atoms with Crippen LogP contribution < -0.4 is 10.6 Å². The Balaban J connectivity index is 1.61. The van der Waals surface area contributed by atoms with Gasteiger partial charge in [-0.25, -0.2) is 18.4 Å². The largest absolute Gasteiger partial charge is 0.352 e. The van der Waals surface area contributed by atoms with E-state index in [0.717, 1.165) is 37.1 Å². The molecule has 2 N–H and O–H groups in total. The summed E-state index contributed by atoms with van der Waals surface area (Å²) in [7, 11) is -3.45. The SMILES string of the molecule is Cc1nc2c(Nc3ccc(C4CC4)cc3S(C)(=O)=O)cc(NC(=O)C3CC3)nc2n1PI. The minimum Gasteiger partial charge on any atom is -0.352 e. The zero-order chi connectivity index (χ0) is 22.6. The van der Waals surface area contributed by atoms with Gasteiger partial charge in [-0.1, -0.05) is 6.07 Å². The summed E-state index contributed by atoms with van der Waals surface area (Å²) in [6, 6.07) is 7.32. The van der Waals surface area contributed by atoms with Crippen LogP contribution in [0, 0.1) is 12.8 Å². The van der Waals surface area contributed by atoms with Gasteiger partial charge in [-0.3, -0.25) is 9.13 Å². The number of amides is 1. The maximum atomic E-state index is 12.6. The quantitative estimate of drug-likeness (QED) is 0.303. The summed E-state index contributed by atoms with van der Waals surface area (Å²) in [5, 5.41) is 6.20. The van der Waals surface area contributed by atoms with Crippen LogP contribution in [-0.2, 0) is 14.6 Å². The average molecular weight is 583 g/mol. The lowest BCUT2D eigenvalue weighted by atomic mass is 10.1. The van der Waals surface area contributed by atoms with Crippen molar-refractivity contribution in [1.82, 2.24) is 14.3 Å². The van der Waals surface area contributed by atoms with Crippen molar-refractivity contribution in [3.8, 4) is 0 Å². The first-order valence-corrected chi connectivity index (χ1v) is 16.4. The summed E-state index contributed by atoms with van der Waals surface area (Å²) in [6.45, 7) is 1.91. The number of halogens is 1. The maximum Gasteiger partial charge on any atom is 0.228 e. The molecule has 3 aromatic rings. The number of imidazole rings is 1. The number of sulfone groups is 1. The minimum absolute atomic E-state index is 0.0341. The standard InChI is InChI=1S/C21H23IN5O3PS/c1-11-23-19-16(10-18(25-20(19)27(11)31-22)26-21(28)13-5-6-13)24-15-8-7-14(12-3-4-12)9-17(15)32(2,29)30/h7-10,12-13,31H,3-6H2,1-2H3,(H2,24,25,26,28). The molecule has 1 atom stereocenters. The monoisotopic (exact) mass is 583 g/mol. The Kier molecular flexibility index (Phi) is 5.66. The van der Waals surface area contributed by atoms with E-state index in [-0.39, 0.29) is 16.7 Å². The zero-order valence-electron chi connectivity index (χ0n) is 17.6. The lowest BCUT2D eigenvalue weighted by molar-refractivity contribution is -0.117.